The normalized spacial score (nSPS) is 10.8. The second kappa shape index (κ2) is 7.40. The molecule has 2 N–H and O–H groups in total. The highest BCUT2D eigenvalue weighted by Gasteiger charge is 2.17. The van der Waals surface area contributed by atoms with E-state index in [1.165, 1.54) is 23.1 Å². The van der Waals surface area contributed by atoms with E-state index >= 15 is 0 Å². The minimum atomic E-state index is -1.13. The molecule has 1 rings (SSSR count). The summed E-state index contributed by atoms with van der Waals surface area (Å²) in [5, 5.41) is 17.3. The summed E-state index contributed by atoms with van der Waals surface area (Å²) in [4.78, 5) is 23.7. The monoisotopic (exact) mass is 281 g/mol. The van der Waals surface area contributed by atoms with Gasteiger partial charge in [-0.15, -0.1) is 0 Å². The van der Waals surface area contributed by atoms with Crippen molar-refractivity contribution in [3.63, 3.8) is 0 Å². The van der Waals surface area contributed by atoms with Crippen LogP contribution in [0.5, 0.6) is 0 Å². The van der Waals surface area contributed by atoms with Gasteiger partial charge in [-0.2, -0.15) is 0 Å². The molecular formula is C14H16FNO4. The van der Waals surface area contributed by atoms with Gasteiger partial charge in [0.25, 0.3) is 5.91 Å². The molecule has 0 saturated heterocycles. The number of carboxylic acids is 1. The van der Waals surface area contributed by atoms with Gasteiger partial charge in [-0.1, -0.05) is 6.07 Å². The van der Waals surface area contributed by atoms with Crippen LogP contribution in [0.25, 0.3) is 6.08 Å². The fourth-order valence-corrected chi connectivity index (χ4v) is 1.67. The van der Waals surface area contributed by atoms with Crippen LogP contribution < -0.4 is 0 Å². The molecule has 0 atom stereocenters. The Morgan fingerprint density at radius 1 is 1.40 bits per heavy atom. The van der Waals surface area contributed by atoms with Gasteiger partial charge in [0.15, 0.2) is 0 Å². The average molecular weight is 281 g/mol. The van der Waals surface area contributed by atoms with Gasteiger partial charge < -0.3 is 15.1 Å². The number of rotatable bonds is 6. The summed E-state index contributed by atoms with van der Waals surface area (Å²) in [6.45, 7) is 2.03. The number of aliphatic carboxylic acids is 1. The number of likely N-dealkylation sites (N-methyl/N-ethyl adjacent to an activating group) is 1. The van der Waals surface area contributed by atoms with Crippen LogP contribution in [-0.4, -0.2) is 46.7 Å². The molecule has 0 fully saturated rings. The summed E-state index contributed by atoms with van der Waals surface area (Å²) in [7, 11) is 0. The number of carbonyl (C=O) groups excluding carboxylic acids is 1. The number of amides is 1. The van der Waals surface area contributed by atoms with E-state index in [1.54, 1.807) is 6.92 Å². The highest BCUT2D eigenvalue weighted by atomic mass is 19.1. The Kier molecular flexibility index (Phi) is 5.86. The van der Waals surface area contributed by atoms with Crippen LogP contribution >= 0.6 is 0 Å². The summed E-state index contributed by atoms with van der Waals surface area (Å²) in [6.07, 6.45) is 2.13. The molecule has 0 radical (unpaired) electrons. The van der Waals surface area contributed by atoms with Gasteiger partial charge in [0.2, 0.25) is 0 Å². The van der Waals surface area contributed by atoms with Crippen molar-refractivity contribution in [3.05, 3.63) is 41.2 Å². The molecule has 0 aliphatic heterocycles. The summed E-state index contributed by atoms with van der Waals surface area (Å²) in [5.41, 5.74) is 0.249. The van der Waals surface area contributed by atoms with Crippen molar-refractivity contribution >= 4 is 18.0 Å². The number of halogens is 1. The highest BCUT2D eigenvalue weighted by molar-refractivity contribution is 5.95. The molecule has 108 valence electrons. The number of aliphatic hydroxyl groups excluding tert-OH is 1. The summed E-state index contributed by atoms with van der Waals surface area (Å²) >= 11 is 0. The predicted molar refractivity (Wildman–Crippen MR) is 71.7 cm³/mol. The summed E-state index contributed by atoms with van der Waals surface area (Å²) < 4.78 is 13.9. The number of carbonyl (C=O) groups is 2. The maximum Gasteiger partial charge on any atom is 0.328 e. The van der Waals surface area contributed by atoms with E-state index in [0.717, 1.165) is 12.1 Å². The smallest absolute Gasteiger partial charge is 0.328 e. The third-order valence-corrected chi connectivity index (χ3v) is 2.68. The second-order valence-electron chi connectivity index (χ2n) is 4.02. The maximum atomic E-state index is 13.9. The molecule has 0 bridgehead atoms. The van der Waals surface area contributed by atoms with Gasteiger partial charge in [-0.3, -0.25) is 4.79 Å². The van der Waals surface area contributed by atoms with Crippen LogP contribution in [0.1, 0.15) is 22.8 Å². The molecule has 0 aliphatic carbocycles. The zero-order valence-electron chi connectivity index (χ0n) is 11.0. The van der Waals surface area contributed by atoms with Crippen LogP contribution in [0.15, 0.2) is 24.3 Å². The van der Waals surface area contributed by atoms with Crippen molar-refractivity contribution < 1.29 is 24.2 Å². The third-order valence-electron chi connectivity index (χ3n) is 2.68. The molecule has 0 spiro atoms. The standard InChI is InChI=1S/C14H16FNO4/c1-2-16(7-8-17)14(20)11-5-3-10(9-12(11)15)4-6-13(18)19/h3-6,9,17H,2,7-8H2,1H3,(H,18,19). The molecule has 0 heterocycles. The lowest BCUT2D eigenvalue weighted by Crippen LogP contribution is -2.33. The minimum Gasteiger partial charge on any atom is -0.478 e. The number of aliphatic hydroxyl groups is 1. The Morgan fingerprint density at radius 3 is 2.60 bits per heavy atom. The van der Waals surface area contributed by atoms with E-state index in [0.29, 0.717) is 12.1 Å². The Labute approximate surface area is 115 Å². The van der Waals surface area contributed by atoms with Gasteiger partial charge in [0, 0.05) is 19.2 Å². The fraction of sp³-hybridized carbons (Fsp3) is 0.286. The molecule has 1 aromatic rings. The Balaban J connectivity index is 2.97. The molecule has 20 heavy (non-hydrogen) atoms. The Morgan fingerprint density at radius 2 is 2.10 bits per heavy atom. The summed E-state index contributed by atoms with van der Waals surface area (Å²) in [5.74, 6) is -2.36. The molecule has 6 heteroatoms. The fourth-order valence-electron chi connectivity index (χ4n) is 1.67. The first-order valence-corrected chi connectivity index (χ1v) is 6.10. The molecule has 0 aromatic heterocycles. The summed E-state index contributed by atoms with van der Waals surface area (Å²) in [6, 6.07) is 3.86. The van der Waals surface area contributed by atoms with Crippen molar-refractivity contribution in [3.8, 4) is 0 Å². The number of nitrogens with zero attached hydrogens (tertiary/aromatic N) is 1. The average Bonchev–Trinajstić information content (AvgIpc) is 2.42. The minimum absolute atomic E-state index is 0.104. The second-order valence-corrected chi connectivity index (χ2v) is 4.02. The zero-order valence-corrected chi connectivity index (χ0v) is 11.0. The first-order chi connectivity index (χ1) is 9.49. The van der Waals surface area contributed by atoms with Gasteiger partial charge in [0.05, 0.1) is 12.2 Å². The van der Waals surface area contributed by atoms with Gasteiger partial charge in [0.1, 0.15) is 5.82 Å². The van der Waals surface area contributed by atoms with E-state index in [-0.39, 0.29) is 18.7 Å². The predicted octanol–water partition coefficient (Wildman–Crippen LogP) is 1.38. The molecule has 5 nitrogen and oxygen atoms in total. The van der Waals surface area contributed by atoms with Gasteiger partial charge in [-0.05, 0) is 30.7 Å². The maximum absolute atomic E-state index is 13.9. The van der Waals surface area contributed by atoms with E-state index in [1.807, 2.05) is 0 Å². The van der Waals surface area contributed by atoms with E-state index < -0.39 is 17.7 Å². The van der Waals surface area contributed by atoms with Crippen LogP contribution in [-0.2, 0) is 4.79 Å². The zero-order chi connectivity index (χ0) is 15.1. The molecule has 1 amide bonds. The Hall–Kier alpha value is -2.21. The van der Waals surface area contributed by atoms with E-state index in [9.17, 15) is 14.0 Å². The molecule has 0 saturated carbocycles. The third kappa shape index (κ3) is 4.17. The first-order valence-electron chi connectivity index (χ1n) is 6.10. The van der Waals surface area contributed by atoms with E-state index in [2.05, 4.69) is 0 Å². The number of hydrogen-bond acceptors (Lipinski definition) is 3. The number of benzene rings is 1. The lowest BCUT2D eigenvalue weighted by Gasteiger charge is -2.20. The Bertz CT molecular complexity index is 528. The highest BCUT2D eigenvalue weighted by Crippen LogP contribution is 2.14. The van der Waals surface area contributed by atoms with Gasteiger partial charge in [-0.25, -0.2) is 9.18 Å². The van der Waals surface area contributed by atoms with E-state index in [4.69, 9.17) is 10.2 Å². The van der Waals surface area contributed by atoms with Crippen molar-refractivity contribution in [2.45, 2.75) is 6.92 Å². The number of carboxylic acid groups (broad SMARTS) is 1. The van der Waals surface area contributed by atoms with Crippen LogP contribution in [0.3, 0.4) is 0 Å². The SMILES string of the molecule is CCN(CCO)C(=O)c1ccc(C=CC(=O)O)cc1F. The van der Waals surface area contributed by atoms with Crippen molar-refractivity contribution in [1.29, 1.82) is 0 Å². The number of hydrogen-bond donors (Lipinski definition) is 2. The molecular weight excluding hydrogens is 265 g/mol. The topological polar surface area (TPSA) is 77.8 Å². The lowest BCUT2D eigenvalue weighted by atomic mass is 10.1. The lowest BCUT2D eigenvalue weighted by molar-refractivity contribution is -0.131. The first kappa shape index (κ1) is 15.8. The molecule has 1 aromatic carbocycles. The van der Waals surface area contributed by atoms with Crippen molar-refractivity contribution in [2.75, 3.05) is 19.7 Å². The van der Waals surface area contributed by atoms with Gasteiger partial charge >= 0.3 is 5.97 Å². The van der Waals surface area contributed by atoms with Crippen molar-refractivity contribution in [1.82, 2.24) is 4.90 Å². The molecule has 0 unspecified atom stereocenters. The van der Waals surface area contributed by atoms with Crippen molar-refractivity contribution in [2.24, 2.45) is 0 Å². The quantitative estimate of drug-likeness (QED) is 0.772. The van der Waals surface area contributed by atoms with Crippen LogP contribution in [0.2, 0.25) is 0 Å². The molecule has 0 aliphatic rings. The van der Waals surface area contributed by atoms with Crippen LogP contribution in [0, 0.1) is 5.82 Å². The van der Waals surface area contributed by atoms with Crippen LogP contribution in [0.4, 0.5) is 4.39 Å². The largest absolute Gasteiger partial charge is 0.478 e.